The van der Waals surface area contributed by atoms with Crippen LogP contribution in [0.2, 0.25) is 0 Å². The first-order valence-corrected chi connectivity index (χ1v) is 4.87. The van der Waals surface area contributed by atoms with E-state index in [1.807, 2.05) is 30.3 Å². The summed E-state index contributed by atoms with van der Waals surface area (Å²) in [7, 11) is 0. The largest absolute Gasteiger partial charge is 0.411 e. The molecule has 1 aromatic carbocycles. The van der Waals surface area contributed by atoms with Crippen molar-refractivity contribution in [2.75, 3.05) is 13.2 Å². The zero-order valence-corrected chi connectivity index (χ0v) is 9.25. The maximum Gasteiger partial charge on any atom is 0.0733 e. The second-order valence-corrected chi connectivity index (χ2v) is 2.77. The Morgan fingerprint density at radius 2 is 1.69 bits per heavy atom. The molecule has 1 rings (SSSR count). The zero-order valence-electron chi connectivity index (χ0n) is 9.25. The molecule has 3 nitrogen and oxygen atoms in total. The molecule has 0 atom stereocenters. The predicted molar refractivity (Wildman–Crippen MR) is 67.0 cm³/mol. The van der Waals surface area contributed by atoms with Gasteiger partial charge in [0.1, 0.15) is 0 Å². The molecule has 0 spiro atoms. The van der Waals surface area contributed by atoms with Crippen molar-refractivity contribution in [1.82, 2.24) is 0 Å². The first-order valence-electron chi connectivity index (χ1n) is 4.87. The monoisotopic (exact) mass is 219 g/mol. The van der Waals surface area contributed by atoms with Crippen molar-refractivity contribution < 1.29 is 9.94 Å². The van der Waals surface area contributed by atoms with Crippen LogP contribution in [0.3, 0.4) is 0 Å². The van der Waals surface area contributed by atoms with Crippen LogP contribution in [0.1, 0.15) is 5.56 Å². The molecule has 0 amide bonds. The highest BCUT2D eigenvalue weighted by atomic mass is 16.5. The fourth-order valence-corrected chi connectivity index (χ4v) is 0.840. The van der Waals surface area contributed by atoms with Gasteiger partial charge >= 0.3 is 0 Å². The molecule has 0 bridgehead atoms. The van der Waals surface area contributed by atoms with Crippen molar-refractivity contribution in [1.29, 1.82) is 0 Å². The smallest absolute Gasteiger partial charge is 0.0733 e. The molecule has 0 aliphatic heterocycles. The van der Waals surface area contributed by atoms with Crippen LogP contribution < -0.4 is 0 Å². The van der Waals surface area contributed by atoms with Crippen LogP contribution in [-0.4, -0.2) is 24.6 Å². The number of benzene rings is 1. The van der Waals surface area contributed by atoms with Crippen LogP contribution >= 0.6 is 0 Å². The maximum absolute atomic E-state index is 8.09. The maximum atomic E-state index is 8.09. The fraction of sp³-hybridized carbons (Fsp3) is 0.154. The quantitative estimate of drug-likeness (QED) is 0.272. The number of hydrogen-bond donors (Lipinski definition) is 1. The SMILES string of the molecule is C=CCOCC=C.ON=Cc1ccccc1. The van der Waals surface area contributed by atoms with Crippen LogP contribution in [0.4, 0.5) is 0 Å². The Hall–Kier alpha value is -1.87. The van der Waals surface area contributed by atoms with Crippen molar-refractivity contribution in [3.05, 3.63) is 61.2 Å². The summed E-state index contributed by atoms with van der Waals surface area (Å²) in [6.07, 6.45) is 4.81. The molecule has 16 heavy (non-hydrogen) atoms. The standard InChI is InChI=1S/C7H7NO.C6H10O/c9-8-6-7-4-2-1-3-5-7;1-3-5-7-6-4-2/h1-6,9H;3-4H,1-2,5-6H2. The lowest BCUT2D eigenvalue weighted by molar-refractivity contribution is 0.194. The van der Waals surface area contributed by atoms with Crippen molar-refractivity contribution in [2.45, 2.75) is 0 Å². The van der Waals surface area contributed by atoms with Gasteiger partial charge in [-0.3, -0.25) is 0 Å². The summed E-state index contributed by atoms with van der Waals surface area (Å²) in [6.45, 7) is 8.18. The minimum Gasteiger partial charge on any atom is -0.411 e. The average molecular weight is 219 g/mol. The van der Waals surface area contributed by atoms with E-state index in [4.69, 9.17) is 9.94 Å². The van der Waals surface area contributed by atoms with Crippen LogP contribution in [0, 0.1) is 0 Å². The molecule has 0 radical (unpaired) electrons. The normalized spacial score (nSPS) is 9.25. The molecule has 0 saturated carbocycles. The number of nitrogens with zero attached hydrogens (tertiary/aromatic N) is 1. The molecule has 0 fully saturated rings. The lowest BCUT2D eigenvalue weighted by atomic mass is 10.2. The molecule has 1 aromatic rings. The average Bonchev–Trinajstić information content (AvgIpc) is 2.32. The van der Waals surface area contributed by atoms with Gasteiger partial charge in [-0.2, -0.15) is 0 Å². The zero-order chi connectivity index (χ0) is 12.1. The Balaban J connectivity index is 0.000000293. The lowest BCUT2D eigenvalue weighted by Gasteiger charge is -1.89. The Labute approximate surface area is 96.4 Å². The minimum atomic E-state index is 0.617. The Kier molecular flexibility index (Phi) is 9.90. The van der Waals surface area contributed by atoms with Crippen LogP contribution in [0.5, 0.6) is 0 Å². The van der Waals surface area contributed by atoms with Gasteiger partial charge in [-0.15, -0.1) is 13.2 Å². The van der Waals surface area contributed by atoms with E-state index < -0.39 is 0 Å². The number of hydrogen-bond acceptors (Lipinski definition) is 3. The molecule has 0 aliphatic carbocycles. The van der Waals surface area contributed by atoms with Crippen molar-refractivity contribution in [2.24, 2.45) is 5.16 Å². The summed E-state index contributed by atoms with van der Waals surface area (Å²) in [6, 6.07) is 9.40. The van der Waals surface area contributed by atoms with E-state index in [-0.39, 0.29) is 0 Å². The van der Waals surface area contributed by atoms with Gasteiger partial charge in [0.25, 0.3) is 0 Å². The highest BCUT2D eigenvalue weighted by Crippen LogP contribution is 1.92. The van der Waals surface area contributed by atoms with Crippen LogP contribution in [-0.2, 0) is 4.74 Å². The third kappa shape index (κ3) is 8.72. The molecular weight excluding hydrogens is 202 g/mol. The van der Waals surface area contributed by atoms with E-state index in [1.165, 1.54) is 6.21 Å². The van der Waals surface area contributed by atoms with Gasteiger partial charge in [-0.05, 0) is 5.56 Å². The van der Waals surface area contributed by atoms with Gasteiger partial charge < -0.3 is 9.94 Å². The van der Waals surface area contributed by atoms with E-state index in [1.54, 1.807) is 12.2 Å². The highest BCUT2D eigenvalue weighted by Gasteiger charge is 1.80. The molecule has 86 valence electrons. The number of oxime groups is 1. The van der Waals surface area contributed by atoms with Gasteiger partial charge in [0.2, 0.25) is 0 Å². The summed E-state index contributed by atoms with van der Waals surface area (Å²) in [5.74, 6) is 0. The van der Waals surface area contributed by atoms with Gasteiger partial charge in [0, 0.05) is 0 Å². The molecule has 0 aliphatic rings. The van der Waals surface area contributed by atoms with Crippen molar-refractivity contribution in [3.8, 4) is 0 Å². The van der Waals surface area contributed by atoms with E-state index in [9.17, 15) is 0 Å². The van der Waals surface area contributed by atoms with Gasteiger partial charge in [0.15, 0.2) is 0 Å². The Bertz CT molecular complexity index is 299. The minimum absolute atomic E-state index is 0.617. The summed E-state index contributed by atoms with van der Waals surface area (Å²) in [5.41, 5.74) is 0.903. The molecule has 0 saturated heterocycles. The van der Waals surface area contributed by atoms with E-state index >= 15 is 0 Å². The van der Waals surface area contributed by atoms with Gasteiger partial charge in [0.05, 0.1) is 19.4 Å². The van der Waals surface area contributed by atoms with Crippen molar-refractivity contribution in [3.63, 3.8) is 0 Å². The predicted octanol–water partition coefficient (Wildman–Crippen LogP) is 2.87. The summed E-state index contributed by atoms with van der Waals surface area (Å²) in [4.78, 5) is 0. The van der Waals surface area contributed by atoms with Crippen LogP contribution in [0.25, 0.3) is 0 Å². The summed E-state index contributed by atoms with van der Waals surface area (Å²) >= 11 is 0. The molecule has 0 aromatic heterocycles. The second kappa shape index (κ2) is 11.2. The third-order valence-corrected chi connectivity index (χ3v) is 1.48. The van der Waals surface area contributed by atoms with Crippen molar-refractivity contribution >= 4 is 6.21 Å². The third-order valence-electron chi connectivity index (χ3n) is 1.48. The molecule has 1 N–H and O–H groups in total. The second-order valence-electron chi connectivity index (χ2n) is 2.77. The highest BCUT2D eigenvalue weighted by molar-refractivity contribution is 5.78. The first kappa shape index (κ1) is 14.1. The fourth-order valence-electron chi connectivity index (χ4n) is 0.840. The molecule has 0 unspecified atom stereocenters. The van der Waals surface area contributed by atoms with E-state index in [2.05, 4.69) is 18.3 Å². The summed E-state index contributed by atoms with van der Waals surface area (Å²) in [5, 5.41) is 11.0. The van der Waals surface area contributed by atoms with Gasteiger partial charge in [-0.1, -0.05) is 47.6 Å². The topological polar surface area (TPSA) is 41.8 Å². The van der Waals surface area contributed by atoms with Gasteiger partial charge in [-0.25, -0.2) is 0 Å². The number of ether oxygens (including phenoxy) is 1. The summed E-state index contributed by atoms with van der Waals surface area (Å²) < 4.78 is 4.90. The lowest BCUT2D eigenvalue weighted by Crippen LogP contribution is -1.87. The Morgan fingerprint density at radius 3 is 2.12 bits per heavy atom. The van der Waals surface area contributed by atoms with Crippen LogP contribution in [0.15, 0.2) is 60.8 Å². The van der Waals surface area contributed by atoms with E-state index in [0.29, 0.717) is 13.2 Å². The molecule has 3 heteroatoms. The Morgan fingerprint density at radius 1 is 1.12 bits per heavy atom. The number of rotatable bonds is 5. The van der Waals surface area contributed by atoms with E-state index in [0.717, 1.165) is 5.56 Å². The first-order chi connectivity index (χ1) is 7.85. The molecular formula is C13H17NO2. The molecule has 0 heterocycles.